The molecule has 2 rings (SSSR count). The molecule has 0 unspecified atom stereocenters. The molecule has 2 fully saturated rings. The van der Waals surface area contributed by atoms with Crippen molar-refractivity contribution in [2.24, 2.45) is 17.8 Å². The van der Waals surface area contributed by atoms with Crippen molar-refractivity contribution < 1.29 is 9.90 Å². The van der Waals surface area contributed by atoms with Crippen LogP contribution in [0.4, 0.5) is 0 Å². The van der Waals surface area contributed by atoms with Gasteiger partial charge in [-0.2, -0.15) is 0 Å². The van der Waals surface area contributed by atoms with Crippen molar-refractivity contribution >= 4 is 5.97 Å². The summed E-state index contributed by atoms with van der Waals surface area (Å²) in [6.07, 6.45) is 7.00. The van der Waals surface area contributed by atoms with Crippen molar-refractivity contribution in [3.05, 3.63) is 0 Å². The van der Waals surface area contributed by atoms with Gasteiger partial charge in [-0.3, -0.25) is 4.79 Å². The summed E-state index contributed by atoms with van der Waals surface area (Å²) in [6.45, 7) is 0. The van der Waals surface area contributed by atoms with Crippen LogP contribution in [0, 0.1) is 17.8 Å². The first-order chi connectivity index (χ1) is 5.77. The van der Waals surface area contributed by atoms with E-state index in [1.807, 2.05) is 0 Å². The molecule has 2 aliphatic carbocycles. The van der Waals surface area contributed by atoms with Gasteiger partial charge in [-0.05, 0) is 50.4 Å². The van der Waals surface area contributed by atoms with Gasteiger partial charge in [0.15, 0.2) is 0 Å². The average Bonchev–Trinajstić information content (AvgIpc) is 2.87. The molecule has 0 aromatic carbocycles. The number of aliphatic carboxylic acids is 1. The van der Waals surface area contributed by atoms with Crippen LogP contribution in [-0.2, 0) is 4.79 Å². The van der Waals surface area contributed by atoms with Gasteiger partial charge >= 0.3 is 5.97 Å². The van der Waals surface area contributed by atoms with Gasteiger partial charge in [0.2, 0.25) is 0 Å². The highest BCUT2D eigenvalue weighted by Crippen LogP contribution is 2.44. The third kappa shape index (κ3) is 1.62. The average molecular weight is 168 g/mol. The molecule has 0 aromatic heterocycles. The Bertz CT molecular complexity index is 176. The molecule has 68 valence electrons. The molecule has 2 nitrogen and oxygen atoms in total. The van der Waals surface area contributed by atoms with Crippen LogP contribution >= 0.6 is 0 Å². The molecule has 0 aliphatic heterocycles. The second kappa shape index (κ2) is 3.08. The monoisotopic (exact) mass is 168 g/mol. The molecule has 0 spiro atoms. The highest BCUT2D eigenvalue weighted by molar-refractivity contribution is 5.69. The predicted molar refractivity (Wildman–Crippen MR) is 45.8 cm³/mol. The van der Waals surface area contributed by atoms with Crippen LogP contribution < -0.4 is 0 Å². The molecule has 0 amide bonds. The van der Waals surface area contributed by atoms with Crippen LogP contribution in [0.2, 0.25) is 0 Å². The van der Waals surface area contributed by atoms with Crippen LogP contribution in [0.15, 0.2) is 0 Å². The van der Waals surface area contributed by atoms with E-state index in [1.165, 1.54) is 25.7 Å². The van der Waals surface area contributed by atoms with Crippen molar-refractivity contribution in [2.45, 2.75) is 38.5 Å². The van der Waals surface area contributed by atoms with Gasteiger partial charge in [0.05, 0.1) is 5.92 Å². The molecule has 0 heterocycles. The van der Waals surface area contributed by atoms with E-state index in [4.69, 9.17) is 5.11 Å². The maximum Gasteiger partial charge on any atom is 0.306 e. The third-order valence-electron chi connectivity index (χ3n) is 3.41. The fourth-order valence-electron chi connectivity index (χ4n) is 2.41. The quantitative estimate of drug-likeness (QED) is 0.686. The minimum absolute atomic E-state index is 0.0278. The van der Waals surface area contributed by atoms with Crippen molar-refractivity contribution in [2.75, 3.05) is 0 Å². The molecule has 1 N–H and O–H groups in total. The van der Waals surface area contributed by atoms with E-state index in [0.29, 0.717) is 0 Å². The Balaban J connectivity index is 1.80. The minimum Gasteiger partial charge on any atom is -0.481 e. The lowest BCUT2D eigenvalue weighted by atomic mass is 9.80. The molecule has 0 aromatic rings. The summed E-state index contributed by atoms with van der Waals surface area (Å²) in [5.74, 6) is 1.24. The van der Waals surface area contributed by atoms with Gasteiger partial charge in [0, 0.05) is 0 Å². The highest BCUT2D eigenvalue weighted by atomic mass is 16.4. The van der Waals surface area contributed by atoms with Crippen molar-refractivity contribution in [1.82, 2.24) is 0 Å². The molecule has 0 atom stereocenters. The fraction of sp³-hybridized carbons (Fsp3) is 0.900. The third-order valence-corrected chi connectivity index (χ3v) is 3.41. The second-order valence-electron chi connectivity index (χ2n) is 4.29. The lowest BCUT2D eigenvalue weighted by Gasteiger charge is -2.25. The van der Waals surface area contributed by atoms with Gasteiger partial charge in [-0.1, -0.05) is 0 Å². The van der Waals surface area contributed by atoms with E-state index < -0.39 is 5.97 Å². The van der Waals surface area contributed by atoms with Gasteiger partial charge < -0.3 is 5.11 Å². The number of carboxylic acid groups (broad SMARTS) is 1. The van der Waals surface area contributed by atoms with Crippen LogP contribution in [-0.4, -0.2) is 11.1 Å². The minimum atomic E-state index is -0.579. The molecule has 2 aliphatic rings. The van der Waals surface area contributed by atoms with Gasteiger partial charge in [0.25, 0.3) is 0 Å². The van der Waals surface area contributed by atoms with E-state index in [9.17, 15) is 4.79 Å². The Morgan fingerprint density at radius 3 is 1.67 bits per heavy atom. The molecule has 2 saturated carbocycles. The second-order valence-corrected chi connectivity index (χ2v) is 4.29. The van der Waals surface area contributed by atoms with Crippen LogP contribution in [0.3, 0.4) is 0 Å². The zero-order valence-corrected chi connectivity index (χ0v) is 7.33. The van der Waals surface area contributed by atoms with Gasteiger partial charge in [0.1, 0.15) is 0 Å². The zero-order valence-electron chi connectivity index (χ0n) is 7.33. The van der Waals surface area contributed by atoms with E-state index in [2.05, 4.69) is 0 Å². The number of hydrogen-bond acceptors (Lipinski definition) is 1. The molecule has 0 saturated heterocycles. The van der Waals surface area contributed by atoms with Crippen molar-refractivity contribution in [3.63, 3.8) is 0 Å². The summed E-state index contributed by atoms with van der Waals surface area (Å²) in [6, 6.07) is 0. The van der Waals surface area contributed by atoms with Gasteiger partial charge in [-0.25, -0.2) is 0 Å². The Hall–Kier alpha value is -0.530. The van der Waals surface area contributed by atoms with E-state index >= 15 is 0 Å². The van der Waals surface area contributed by atoms with Crippen LogP contribution in [0.5, 0.6) is 0 Å². The normalized spacial score (nSPS) is 36.3. The molecule has 0 radical (unpaired) electrons. The molecule has 0 bridgehead atoms. The SMILES string of the molecule is O=C(O)[C@H]1CC[C@H](C2CC2)CC1. The highest BCUT2D eigenvalue weighted by Gasteiger charge is 2.35. The number of carbonyl (C=O) groups is 1. The molecular formula is C10H16O2. The maximum absolute atomic E-state index is 10.6. The van der Waals surface area contributed by atoms with Crippen molar-refractivity contribution in [1.29, 1.82) is 0 Å². The lowest BCUT2D eigenvalue weighted by Crippen LogP contribution is -2.22. The van der Waals surface area contributed by atoms with E-state index in [-0.39, 0.29) is 5.92 Å². The summed E-state index contributed by atoms with van der Waals surface area (Å²) in [7, 11) is 0. The molecule has 2 heteroatoms. The lowest BCUT2D eigenvalue weighted by molar-refractivity contribution is -0.143. The maximum atomic E-state index is 10.6. The fourth-order valence-corrected chi connectivity index (χ4v) is 2.41. The molecular weight excluding hydrogens is 152 g/mol. The van der Waals surface area contributed by atoms with Crippen molar-refractivity contribution in [3.8, 4) is 0 Å². The Labute approximate surface area is 73.0 Å². The van der Waals surface area contributed by atoms with Gasteiger partial charge in [-0.15, -0.1) is 0 Å². The molecule has 12 heavy (non-hydrogen) atoms. The Kier molecular flexibility index (Phi) is 2.07. The summed E-state index contributed by atoms with van der Waals surface area (Å²) in [5, 5.41) is 8.78. The number of hydrogen-bond donors (Lipinski definition) is 1. The Morgan fingerprint density at radius 1 is 0.917 bits per heavy atom. The zero-order chi connectivity index (χ0) is 8.55. The summed E-state index contributed by atoms with van der Waals surface area (Å²) >= 11 is 0. The predicted octanol–water partition coefficient (Wildman–Crippen LogP) is 2.29. The first kappa shape index (κ1) is 8.09. The standard InChI is InChI=1S/C10H16O2/c11-10(12)9-5-3-8(4-6-9)7-1-2-7/h7-9H,1-6H2,(H,11,12)/t8-,9-. The smallest absolute Gasteiger partial charge is 0.306 e. The summed E-state index contributed by atoms with van der Waals surface area (Å²) in [5.41, 5.74) is 0. The van der Waals surface area contributed by atoms with E-state index in [1.54, 1.807) is 0 Å². The number of rotatable bonds is 2. The summed E-state index contributed by atoms with van der Waals surface area (Å²) in [4.78, 5) is 10.6. The first-order valence-corrected chi connectivity index (χ1v) is 5.00. The summed E-state index contributed by atoms with van der Waals surface area (Å²) < 4.78 is 0. The van der Waals surface area contributed by atoms with Crippen LogP contribution in [0.25, 0.3) is 0 Å². The largest absolute Gasteiger partial charge is 0.481 e. The first-order valence-electron chi connectivity index (χ1n) is 5.00. The number of carboxylic acids is 1. The van der Waals surface area contributed by atoms with E-state index in [0.717, 1.165) is 24.7 Å². The topological polar surface area (TPSA) is 37.3 Å². The Morgan fingerprint density at radius 2 is 1.33 bits per heavy atom. The van der Waals surface area contributed by atoms with Crippen LogP contribution in [0.1, 0.15) is 38.5 Å².